The van der Waals surface area contributed by atoms with Gasteiger partial charge in [-0.25, -0.2) is 0 Å². The van der Waals surface area contributed by atoms with Crippen LogP contribution in [0.3, 0.4) is 0 Å². The average Bonchev–Trinajstić information content (AvgIpc) is 3.08. The van der Waals surface area contributed by atoms with Crippen molar-refractivity contribution in [3.8, 4) is 0 Å². The van der Waals surface area contributed by atoms with Crippen molar-refractivity contribution in [1.82, 2.24) is 14.0 Å². The molecule has 4 heterocycles. The monoisotopic (exact) mass is 420 g/mol. The number of hydrogen-bond acceptors (Lipinski definition) is 4. The number of hydrogen-bond donors (Lipinski definition) is 0. The zero-order valence-electron chi connectivity index (χ0n) is 17.4. The number of pyridine rings is 1. The molecule has 2 aliphatic rings. The molecule has 1 aromatic carbocycles. The number of likely N-dealkylation sites (tertiary alicyclic amines) is 1. The van der Waals surface area contributed by atoms with Crippen molar-refractivity contribution in [2.24, 2.45) is 13.0 Å². The van der Waals surface area contributed by atoms with E-state index in [9.17, 15) is 19.7 Å². The van der Waals surface area contributed by atoms with E-state index < -0.39 is 10.5 Å². The number of aryl methyl sites for hydroxylation is 2. The van der Waals surface area contributed by atoms with Gasteiger partial charge in [-0.2, -0.15) is 0 Å². The number of fused-ring (bicyclic) bond motifs is 5. The van der Waals surface area contributed by atoms with Crippen molar-refractivity contribution in [3.63, 3.8) is 0 Å². The molecule has 0 unspecified atom stereocenters. The van der Waals surface area contributed by atoms with E-state index in [-0.39, 0.29) is 23.4 Å². The maximum absolute atomic E-state index is 13.0. The number of para-hydroxylation sites is 1. The fourth-order valence-electron chi connectivity index (χ4n) is 5.30. The first-order valence-electron chi connectivity index (χ1n) is 10.6. The van der Waals surface area contributed by atoms with Crippen molar-refractivity contribution < 1.29 is 9.72 Å². The molecule has 3 aromatic rings. The fourth-order valence-corrected chi connectivity index (χ4v) is 5.30. The zero-order chi connectivity index (χ0) is 21.7. The molecule has 0 saturated carbocycles. The number of nitro groups is 1. The summed E-state index contributed by atoms with van der Waals surface area (Å²) >= 11 is 0. The first kappa shape index (κ1) is 19.5. The van der Waals surface area contributed by atoms with Gasteiger partial charge in [0.2, 0.25) is 5.91 Å². The van der Waals surface area contributed by atoms with Crippen LogP contribution >= 0.6 is 0 Å². The normalized spacial score (nSPS) is 20.0. The molecule has 8 nitrogen and oxygen atoms in total. The molecule has 2 atom stereocenters. The largest absolute Gasteiger partial charge is 0.350 e. The summed E-state index contributed by atoms with van der Waals surface area (Å²) in [5, 5.41) is 12.3. The Hall–Kier alpha value is -3.42. The number of benzene rings is 1. The van der Waals surface area contributed by atoms with E-state index in [1.54, 1.807) is 10.6 Å². The number of amides is 1. The van der Waals surface area contributed by atoms with E-state index in [0.29, 0.717) is 32.5 Å². The minimum absolute atomic E-state index is 0.0440. The average molecular weight is 420 g/mol. The third kappa shape index (κ3) is 3.32. The molecule has 5 rings (SSSR count). The molecule has 1 saturated heterocycles. The van der Waals surface area contributed by atoms with Crippen molar-refractivity contribution in [1.29, 1.82) is 0 Å². The lowest BCUT2D eigenvalue weighted by molar-refractivity contribution is -0.386. The summed E-state index contributed by atoms with van der Waals surface area (Å²) < 4.78 is 3.64. The molecule has 1 amide bonds. The number of nitrogens with zero attached hydrogens (tertiary/aromatic N) is 4. The first-order chi connectivity index (χ1) is 14.9. The Morgan fingerprint density at radius 3 is 2.77 bits per heavy atom. The van der Waals surface area contributed by atoms with Crippen LogP contribution in [-0.4, -0.2) is 38.0 Å². The molecule has 0 spiro atoms. The van der Waals surface area contributed by atoms with Crippen molar-refractivity contribution in [2.75, 3.05) is 13.1 Å². The van der Waals surface area contributed by atoms with Crippen LogP contribution in [0.25, 0.3) is 10.9 Å². The minimum atomic E-state index is -0.622. The van der Waals surface area contributed by atoms with Crippen LogP contribution in [0.2, 0.25) is 0 Å². The van der Waals surface area contributed by atoms with Crippen LogP contribution in [0.4, 0.5) is 5.69 Å². The Labute approximate surface area is 178 Å². The lowest BCUT2D eigenvalue weighted by Gasteiger charge is -2.42. The van der Waals surface area contributed by atoms with E-state index in [0.717, 1.165) is 17.6 Å². The first-order valence-corrected chi connectivity index (χ1v) is 10.6. The van der Waals surface area contributed by atoms with Crippen molar-refractivity contribution in [2.45, 2.75) is 31.7 Å². The van der Waals surface area contributed by atoms with E-state index in [1.807, 2.05) is 24.1 Å². The topological polar surface area (TPSA) is 90.4 Å². The molecular formula is C23H24N4O4. The lowest BCUT2D eigenvalue weighted by atomic mass is 9.83. The second kappa shape index (κ2) is 7.37. The van der Waals surface area contributed by atoms with Crippen LogP contribution in [0.1, 0.15) is 30.0 Å². The summed E-state index contributed by atoms with van der Waals surface area (Å²) in [4.78, 5) is 37.9. The van der Waals surface area contributed by atoms with Gasteiger partial charge < -0.3 is 14.0 Å². The molecule has 0 radical (unpaired) electrons. The van der Waals surface area contributed by atoms with E-state index in [1.165, 1.54) is 17.0 Å². The molecule has 2 aliphatic heterocycles. The van der Waals surface area contributed by atoms with Gasteiger partial charge in [0.1, 0.15) is 0 Å². The lowest BCUT2D eigenvalue weighted by Crippen LogP contribution is -2.49. The van der Waals surface area contributed by atoms with Gasteiger partial charge in [0, 0.05) is 67.9 Å². The van der Waals surface area contributed by atoms with Gasteiger partial charge in [0.25, 0.3) is 0 Å². The second-order valence-corrected chi connectivity index (χ2v) is 8.70. The van der Waals surface area contributed by atoms with Crippen LogP contribution in [0.5, 0.6) is 0 Å². The van der Waals surface area contributed by atoms with Gasteiger partial charge in [-0.05, 0) is 36.5 Å². The van der Waals surface area contributed by atoms with Crippen LogP contribution in [-0.2, 0) is 24.8 Å². The number of carbonyl (C=O) groups excluding carboxylic acids is 1. The zero-order valence-corrected chi connectivity index (χ0v) is 17.4. The molecule has 2 aromatic heterocycles. The summed E-state index contributed by atoms with van der Waals surface area (Å²) in [7, 11) is 2.02. The number of rotatable bonds is 4. The summed E-state index contributed by atoms with van der Waals surface area (Å²) in [5.41, 5.74) is 2.22. The third-order valence-corrected chi connectivity index (χ3v) is 6.72. The highest BCUT2D eigenvalue weighted by Crippen LogP contribution is 2.36. The third-order valence-electron chi connectivity index (χ3n) is 6.72. The summed E-state index contributed by atoms with van der Waals surface area (Å²) in [5.74, 6) is 0.315. The summed E-state index contributed by atoms with van der Waals surface area (Å²) in [6.07, 6.45) is 4.14. The van der Waals surface area contributed by atoms with Gasteiger partial charge in [-0.15, -0.1) is 0 Å². The van der Waals surface area contributed by atoms with Crippen LogP contribution < -0.4 is 5.56 Å². The molecule has 0 N–H and O–H groups in total. The van der Waals surface area contributed by atoms with Crippen molar-refractivity contribution in [3.05, 3.63) is 74.3 Å². The molecule has 8 heteroatoms. The van der Waals surface area contributed by atoms with Gasteiger partial charge in [0.05, 0.1) is 4.92 Å². The Morgan fingerprint density at radius 2 is 1.97 bits per heavy atom. The predicted octanol–water partition coefficient (Wildman–Crippen LogP) is 2.83. The number of piperidine rings is 1. The highest BCUT2D eigenvalue weighted by molar-refractivity contribution is 5.85. The van der Waals surface area contributed by atoms with Gasteiger partial charge >= 0.3 is 11.2 Å². The predicted molar refractivity (Wildman–Crippen MR) is 116 cm³/mol. The number of carbonyl (C=O) groups is 1. The highest BCUT2D eigenvalue weighted by Gasteiger charge is 2.37. The molecule has 160 valence electrons. The number of aromatic nitrogens is 2. The summed E-state index contributed by atoms with van der Waals surface area (Å²) in [6, 6.07) is 11.2. The van der Waals surface area contributed by atoms with Crippen molar-refractivity contribution >= 4 is 22.5 Å². The fraction of sp³-hybridized carbons (Fsp3) is 0.391. The van der Waals surface area contributed by atoms with Crippen LogP contribution in [0.15, 0.2) is 47.4 Å². The van der Waals surface area contributed by atoms with Crippen LogP contribution in [0, 0.1) is 16.0 Å². The quantitative estimate of drug-likeness (QED) is 0.479. The standard InChI is InChI=1S/C23H24N4O4/c1-24-13-16(18-4-2-3-5-20(18)24)6-9-22(28)25-11-15-10-17(14-25)19-7-8-21(27(30)31)23(29)26(19)12-15/h2-5,7-8,13,15,17H,6,9-12,14H2,1H3/t15-,17+/m1/s1. The van der Waals surface area contributed by atoms with E-state index in [4.69, 9.17) is 0 Å². The molecule has 31 heavy (non-hydrogen) atoms. The second-order valence-electron chi connectivity index (χ2n) is 8.70. The molecule has 1 fully saturated rings. The molecular weight excluding hydrogens is 396 g/mol. The Kier molecular flexibility index (Phi) is 4.64. The van der Waals surface area contributed by atoms with E-state index in [2.05, 4.69) is 22.9 Å². The SMILES string of the molecule is Cn1cc(CCC(=O)N2C[C@H]3C[C@@H](C2)c2ccc([N+](=O)[O-])c(=O)n2C3)c2ccccc21. The maximum Gasteiger partial charge on any atom is 0.334 e. The minimum Gasteiger partial charge on any atom is -0.350 e. The maximum atomic E-state index is 13.0. The van der Waals surface area contributed by atoms with Gasteiger partial charge in [0.15, 0.2) is 0 Å². The Bertz CT molecular complexity index is 1260. The highest BCUT2D eigenvalue weighted by atomic mass is 16.6. The molecule has 0 aliphatic carbocycles. The van der Waals surface area contributed by atoms with Gasteiger partial charge in [-0.3, -0.25) is 19.7 Å². The molecule has 2 bridgehead atoms. The van der Waals surface area contributed by atoms with Gasteiger partial charge in [-0.1, -0.05) is 18.2 Å². The summed E-state index contributed by atoms with van der Waals surface area (Å²) in [6.45, 7) is 1.58. The smallest absolute Gasteiger partial charge is 0.334 e. The Morgan fingerprint density at radius 1 is 1.16 bits per heavy atom. The Balaban J connectivity index is 1.32. The van der Waals surface area contributed by atoms with E-state index >= 15 is 0 Å².